The molecular weight excluding hydrogens is 472 g/mol. The van der Waals surface area contributed by atoms with Gasteiger partial charge in [0.1, 0.15) is 12.4 Å². The van der Waals surface area contributed by atoms with Crippen molar-refractivity contribution in [2.75, 3.05) is 19.8 Å². The molecule has 4 heteroatoms. The SMILES string of the molecule is CCOC(=O)C(Cc1ccc(OC/C=C/c2cc(-c3ccccc3)cc(-c3ccccc3)c2)cc1)OCC. The summed E-state index contributed by atoms with van der Waals surface area (Å²) in [6, 6.07) is 35.2. The summed E-state index contributed by atoms with van der Waals surface area (Å²) < 4.78 is 16.6. The molecule has 0 aliphatic rings. The second-order valence-corrected chi connectivity index (χ2v) is 8.83. The fraction of sp³-hybridized carbons (Fsp3) is 0.206. The lowest BCUT2D eigenvalue weighted by molar-refractivity contribution is -0.156. The molecule has 0 radical (unpaired) electrons. The molecule has 4 aromatic rings. The van der Waals surface area contributed by atoms with Crippen LogP contribution in [0.25, 0.3) is 28.3 Å². The Balaban J connectivity index is 1.42. The Labute approximate surface area is 225 Å². The highest BCUT2D eigenvalue weighted by atomic mass is 16.6. The number of rotatable bonds is 12. The zero-order valence-electron chi connectivity index (χ0n) is 22.0. The average molecular weight is 507 g/mol. The van der Waals surface area contributed by atoms with E-state index in [0.717, 1.165) is 16.9 Å². The van der Waals surface area contributed by atoms with Crippen molar-refractivity contribution in [1.82, 2.24) is 0 Å². The molecule has 194 valence electrons. The second kappa shape index (κ2) is 14.0. The Hall–Kier alpha value is -4.15. The average Bonchev–Trinajstić information content (AvgIpc) is 2.97. The lowest BCUT2D eigenvalue weighted by Gasteiger charge is -2.15. The Morgan fingerprint density at radius 3 is 1.89 bits per heavy atom. The van der Waals surface area contributed by atoms with Gasteiger partial charge in [0.15, 0.2) is 6.10 Å². The van der Waals surface area contributed by atoms with Gasteiger partial charge in [0.2, 0.25) is 0 Å². The predicted octanol–water partition coefficient (Wildman–Crippen LogP) is 7.62. The summed E-state index contributed by atoms with van der Waals surface area (Å²) >= 11 is 0. The fourth-order valence-corrected chi connectivity index (χ4v) is 4.25. The van der Waals surface area contributed by atoms with E-state index in [1.807, 2.05) is 49.4 Å². The monoisotopic (exact) mass is 506 g/mol. The number of hydrogen-bond donors (Lipinski definition) is 0. The molecule has 0 spiro atoms. The van der Waals surface area contributed by atoms with Crippen LogP contribution in [0.2, 0.25) is 0 Å². The fourth-order valence-electron chi connectivity index (χ4n) is 4.25. The normalized spacial score (nSPS) is 11.8. The summed E-state index contributed by atoms with van der Waals surface area (Å²) in [4.78, 5) is 12.1. The van der Waals surface area contributed by atoms with E-state index in [4.69, 9.17) is 14.2 Å². The predicted molar refractivity (Wildman–Crippen MR) is 154 cm³/mol. The van der Waals surface area contributed by atoms with Gasteiger partial charge in [0.05, 0.1) is 6.61 Å². The van der Waals surface area contributed by atoms with Crippen molar-refractivity contribution in [3.63, 3.8) is 0 Å². The molecule has 0 amide bonds. The number of carbonyl (C=O) groups is 1. The standard InChI is InChI=1S/C34H34O4/c1-3-36-33(34(35)37-4-2)24-26-17-19-32(20-18-26)38-21-11-12-27-22-30(28-13-7-5-8-14-28)25-31(23-27)29-15-9-6-10-16-29/h5-20,22-23,25,33H,3-4,21,24H2,1-2H3/b12-11+. The maximum Gasteiger partial charge on any atom is 0.335 e. The van der Waals surface area contributed by atoms with Crippen molar-refractivity contribution >= 4 is 12.0 Å². The highest BCUT2D eigenvalue weighted by Gasteiger charge is 2.20. The topological polar surface area (TPSA) is 44.8 Å². The number of ether oxygens (including phenoxy) is 3. The van der Waals surface area contributed by atoms with Crippen molar-refractivity contribution in [2.45, 2.75) is 26.4 Å². The number of carbonyl (C=O) groups excluding carboxylic acids is 1. The molecule has 0 N–H and O–H groups in total. The van der Waals surface area contributed by atoms with Gasteiger partial charge in [-0.3, -0.25) is 0 Å². The van der Waals surface area contributed by atoms with Crippen LogP contribution in [0, 0.1) is 0 Å². The van der Waals surface area contributed by atoms with Crippen molar-refractivity contribution in [3.05, 3.63) is 120 Å². The molecule has 4 nitrogen and oxygen atoms in total. The van der Waals surface area contributed by atoms with Gasteiger partial charge in [-0.15, -0.1) is 0 Å². The summed E-state index contributed by atoms with van der Waals surface area (Å²) in [6.45, 7) is 4.91. The molecule has 38 heavy (non-hydrogen) atoms. The summed E-state index contributed by atoms with van der Waals surface area (Å²) in [7, 11) is 0. The van der Waals surface area contributed by atoms with E-state index in [-0.39, 0.29) is 5.97 Å². The molecule has 1 atom stereocenters. The van der Waals surface area contributed by atoms with Crippen molar-refractivity contribution in [2.24, 2.45) is 0 Å². The Morgan fingerprint density at radius 1 is 0.737 bits per heavy atom. The van der Waals surface area contributed by atoms with Gasteiger partial charge in [-0.25, -0.2) is 4.79 Å². The van der Waals surface area contributed by atoms with Crippen LogP contribution in [0.15, 0.2) is 109 Å². The molecule has 1 unspecified atom stereocenters. The van der Waals surface area contributed by atoms with Crippen LogP contribution in [0.5, 0.6) is 5.75 Å². The molecule has 4 aromatic carbocycles. The van der Waals surface area contributed by atoms with Crippen molar-refractivity contribution in [1.29, 1.82) is 0 Å². The molecule has 0 fully saturated rings. The van der Waals surface area contributed by atoms with E-state index < -0.39 is 6.10 Å². The van der Waals surface area contributed by atoms with Crippen LogP contribution in [0.4, 0.5) is 0 Å². The van der Waals surface area contributed by atoms with Crippen LogP contribution < -0.4 is 4.74 Å². The van der Waals surface area contributed by atoms with Gasteiger partial charge in [0.25, 0.3) is 0 Å². The molecule has 0 saturated heterocycles. The number of esters is 1. The van der Waals surface area contributed by atoms with Crippen LogP contribution >= 0.6 is 0 Å². The zero-order valence-corrected chi connectivity index (χ0v) is 22.0. The molecule has 0 aliphatic heterocycles. The molecular formula is C34H34O4. The van der Waals surface area contributed by atoms with Crippen LogP contribution in [-0.4, -0.2) is 31.9 Å². The molecule has 0 bridgehead atoms. The third kappa shape index (κ3) is 7.67. The molecule has 0 aliphatic carbocycles. The first-order chi connectivity index (χ1) is 18.7. The van der Waals surface area contributed by atoms with Crippen molar-refractivity contribution in [3.8, 4) is 28.0 Å². The third-order valence-corrected chi connectivity index (χ3v) is 6.09. The van der Waals surface area contributed by atoms with Gasteiger partial charge >= 0.3 is 5.97 Å². The van der Waals surface area contributed by atoms with Gasteiger partial charge in [0, 0.05) is 13.0 Å². The number of benzene rings is 4. The van der Waals surface area contributed by atoms with Crippen LogP contribution in [-0.2, 0) is 20.7 Å². The minimum absolute atomic E-state index is 0.327. The van der Waals surface area contributed by atoms with Gasteiger partial charge < -0.3 is 14.2 Å². The number of hydrogen-bond acceptors (Lipinski definition) is 4. The lowest BCUT2D eigenvalue weighted by Crippen LogP contribution is -2.28. The first-order valence-corrected chi connectivity index (χ1v) is 13.1. The summed E-state index contributed by atoms with van der Waals surface area (Å²) in [5.41, 5.74) is 6.83. The molecule has 0 aromatic heterocycles. The van der Waals surface area contributed by atoms with Gasteiger partial charge in [-0.2, -0.15) is 0 Å². The van der Waals surface area contributed by atoms with Crippen molar-refractivity contribution < 1.29 is 19.0 Å². The molecule has 0 heterocycles. The zero-order chi connectivity index (χ0) is 26.6. The Kier molecular flexibility index (Phi) is 9.89. The maximum absolute atomic E-state index is 12.1. The minimum atomic E-state index is -0.595. The highest BCUT2D eigenvalue weighted by Crippen LogP contribution is 2.29. The smallest absolute Gasteiger partial charge is 0.335 e. The van der Waals surface area contributed by atoms with E-state index in [2.05, 4.69) is 72.8 Å². The van der Waals surface area contributed by atoms with Gasteiger partial charge in [-0.05, 0) is 83.6 Å². The summed E-state index contributed by atoms with van der Waals surface area (Å²) in [5.74, 6) is 0.442. The summed E-state index contributed by atoms with van der Waals surface area (Å²) in [5, 5.41) is 0. The van der Waals surface area contributed by atoms with E-state index >= 15 is 0 Å². The second-order valence-electron chi connectivity index (χ2n) is 8.83. The van der Waals surface area contributed by atoms with E-state index in [9.17, 15) is 4.79 Å². The molecule has 4 rings (SSSR count). The first kappa shape index (κ1) is 26.9. The van der Waals surface area contributed by atoms with E-state index in [0.29, 0.717) is 26.2 Å². The quantitative estimate of drug-likeness (QED) is 0.185. The maximum atomic E-state index is 12.1. The Morgan fingerprint density at radius 2 is 1.34 bits per heavy atom. The van der Waals surface area contributed by atoms with E-state index in [1.165, 1.54) is 22.3 Å². The minimum Gasteiger partial charge on any atom is -0.490 e. The first-order valence-electron chi connectivity index (χ1n) is 13.1. The molecule has 0 saturated carbocycles. The highest BCUT2D eigenvalue weighted by molar-refractivity contribution is 5.77. The largest absolute Gasteiger partial charge is 0.490 e. The van der Waals surface area contributed by atoms with Gasteiger partial charge in [-0.1, -0.05) is 78.9 Å². The van der Waals surface area contributed by atoms with Crippen LogP contribution in [0.1, 0.15) is 25.0 Å². The lowest BCUT2D eigenvalue weighted by atomic mass is 9.96. The third-order valence-electron chi connectivity index (χ3n) is 6.09. The Bertz CT molecular complexity index is 1250. The van der Waals surface area contributed by atoms with Crippen LogP contribution in [0.3, 0.4) is 0 Å². The summed E-state index contributed by atoms with van der Waals surface area (Å²) in [6.07, 6.45) is 3.99. The van der Waals surface area contributed by atoms with E-state index in [1.54, 1.807) is 6.92 Å².